The molecular formula is C73H80BN3. The van der Waals surface area contributed by atoms with Crippen LogP contribution in [-0.2, 0) is 27.1 Å². The van der Waals surface area contributed by atoms with Crippen LogP contribution in [0.2, 0.25) is 0 Å². The maximum atomic E-state index is 2.83. The van der Waals surface area contributed by atoms with E-state index < -0.39 is 0 Å². The molecule has 1 saturated carbocycles. The van der Waals surface area contributed by atoms with Crippen molar-refractivity contribution in [2.75, 3.05) is 14.7 Å². The number of anilines is 8. The summed E-state index contributed by atoms with van der Waals surface area (Å²) in [5, 5.41) is 0. The van der Waals surface area contributed by atoms with Crippen LogP contribution in [0, 0.1) is 0 Å². The molecule has 8 aromatic rings. The molecule has 0 bridgehead atoms. The summed E-state index contributed by atoms with van der Waals surface area (Å²) in [7, 11) is 0. The van der Waals surface area contributed by atoms with E-state index in [-0.39, 0.29) is 39.3 Å². The van der Waals surface area contributed by atoms with E-state index in [0.717, 1.165) is 6.42 Å². The molecular weight excluding hydrogens is 930 g/mol. The van der Waals surface area contributed by atoms with E-state index in [4.69, 9.17) is 0 Å². The average Bonchev–Trinajstić information content (AvgIpc) is 3.53. The summed E-state index contributed by atoms with van der Waals surface area (Å²) >= 11 is 0. The molecule has 8 aromatic carbocycles. The van der Waals surface area contributed by atoms with Gasteiger partial charge in [0.05, 0.1) is 16.9 Å². The molecule has 1 fully saturated rings. The zero-order chi connectivity index (χ0) is 54.2. The molecule has 0 saturated heterocycles. The molecule has 3 aliphatic heterocycles. The van der Waals surface area contributed by atoms with Crippen molar-refractivity contribution in [1.82, 2.24) is 0 Å². The van der Waals surface area contributed by atoms with Gasteiger partial charge >= 0.3 is 0 Å². The number of hydrogen-bond donors (Lipinski definition) is 0. The first-order valence-electron chi connectivity index (χ1n) is 28.8. The van der Waals surface area contributed by atoms with Crippen LogP contribution in [0.3, 0.4) is 0 Å². The molecule has 4 heteroatoms. The first-order valence-corrected chi connectivity index (χ1v) is 28.8. The highest BCUT2D eigenvalue weighted by Crippen LogP contribution is 2.61. The van der Waals surface area contributed by atoms with Gasteiger partial charge in [0.1, 0.15) is 0 Å². The Hall–Kier alpha value is -6.78. The Morgan fingerprint density at radius 2 is 0.779 bits per heavy atom. The third-order valence-corrected chi connectivity index (χ3v) is 18.7. The molecule has 0 N–H and O–H groups in total. The number of nitrogens with zero attached hydrogens (tertiary/aromatic N) is 3. The molecule has 12 rings (SSSR count). The van der Waals surface area contributed by atoms with Crippen molar-refractivity contribution in [3.63, 3.8) is 0 Å². The smallest absolute Gasteiger partial charge is 0.252 e. The highest BCUT2D eigenvalue weighted by atomic mass is 15.3. The van der Waals surface area contributed by atoms with Crippen molar-refractivity contribution in [2.45, 2.75) is 162 Å². The first-order chi connectivity index (χ1) is 36.5. The van der Waals surface area contributed by atoms with Crippen LogP contribution in [-0.4, -0.2) is 12.3 Å². The van der Waals surface area contributed by atoms with Crippen LogP contribution in [0.5, 0.6) is 0 Å². The Balaban J connectivity index is 1.27. The van der Waals surface area contributed by atoms with Gasteiger partial charge in [-0.3, -0.25) is 0 Å². The highest BCUT2D eigenvalue weighted by Gasteiger charge is 2.57. The Labute approximate surface area is 462 Å². The van der Waals surface area contributed by atoms with E-state index >= 15 is 0 Å². The topological polar surface area (TPSA) is 9.72 Å². The maximum Gasteiger partial charge on any atom is 0.252 e. The quantitative estimate of drug-likeness (QED) is 0.159. The fourth-order valence-corrected chi connectivity index (χ4v) is 13.9. The standard InChI is InChI=1S/C73H80BN3/c1-68(2,3)50-32-36-60(55(42-50)48-26-18-15-19-27-48)75-63-38-34-52(70(7,8)9)44-58(63)74-59-45-53(71(10,11)12)35-39-64(59)76(61-37-33-51(69(4,5)6)43-56(61)49-28-20-16-21-29-49)66-47-54(46-65(75)67(66)74)77-62-31-23-22-30-57(62)72(13)40-24-17-25-41-73(72,77)14/h15-16,18-23,26-39,42-47H,17,24-25,40-41H2,1-14H3. The lowest BCUT2D eigenvalue weighted by Gasteiger charge is -2.49. The third-order valence-electron chi connectivity index (χ3n) is 18.7. The minimum atomic E-state index is -0.168. The molecule has 0 amide bonds. The van der Waals surface area contributed by atoms with Gasteiger partial charge in [-0.25, -0.2) is 0 Å². The van der Waals surface area contributed by atoms with E-state index in [0.29, 0.717) is 0 Å². The summed E-state index contributed by atoms with van der Waals surface area (Å²) in [5.74, 6) is 0. The maximum absolute atomic E-state index is 2.83. The lowest BCUT2D eigenvalue weighted by atomic mass is 9.33. The summed E-state index contributed by atoms with van der Waals surface area (Å²) in [4.78, 5) is 8.22. The number of fused-ring (bicyclic) bond motifs is 7. The van der Waals surface area contributed by atoms with Gasteiger partial charge in [-0.1, -0.05) is 225 Å². The SMILES string of the molecule is CC(C)(C)c1ccc2c(c1)B1c3cc(C(C)(C)C)ccc3N(c3ccc(C(C)(C)C)cc3-c3ccccc3)c3cc(N4c5ccccc5C5(C)CCCCCC45C)cc(c31)N2c1ccc(C(C)(C)C)cc1-c1ccccc1. The molecule has 3 heterocycles. The van der Waals surface area contributed by atoms with Crippen LogP contribution in [0.1, 0.15) is 157 Å². The molecule has 1 aliphatic carbocycles. The number of para-hydroxylation sites is 1. The van der Waals surface area contributed by atoms with E-state index in [9.17, 15) is 0 Å². The number of benzene rings is 8. The Morgan fingerprint density at radius 1 is 0.377 bits per heavy atom. The number of rotatable bonds is 5. The minimum Gasteiger partial charge on any atom is -0.334 e. The van der Waals surface area contributed by atoms with Gasteiger partial charge in [0, 0.05) is 50.7 Å². The lowest BCUT2D eigenvalue weighted by molar-refractivity contribution is 0.261. The first kappa shape index (κ1) is 51.0. The third kappa shape index (κ3) is 8.21. The summed E-state index contributed by atoms with van der Waals surface area (Å²) < 4.78 is 0. The molecule has 2 unspecified atom stereocenters. The largest absolute Gasteiger partial charge is 0.334 e. The summed E-state index contributed by atoms with van der Waals surface area (Å²) in [5.41, 5.74) is 25.3. The van der Waals surface area contributed by atoms with Gasteiger partial charge in [-0.15, -0.1) is 0 Å². The van der Waals surface area contributed by atoms with Crippen LogP contribution in [0.15, 0.2) is 170 Å². The second kappa shape index (κ2) is 17.9. The number of hydrogen-bond acceptors (Lipinski definition) is 3. The molecule has 4 aliphatic rings. The summed E-state index contributed by atoms with van der Waals surface area (Å²) in [6.45, 7) is 33.4. The average molecular weight is 1010 g/mol. The molecule has 2 atom stereocenters. The zero-order valence-corrected chi connectivity index (χ0v) is 48.6. The van der Waals surface area contributed by atoms with Crippen molar-refractivity contribution < 1.29 is 0 Å². The Bertz CT molecular complexity index is 3410. The van der Waals surface area contributed by atoms with Crippen molar-refractivity contribution in [2.24, 2.45) is 0 Å². The van der Waals surface area contributed by atoms with Crippen molar-refractivity contribution in [3.8, 4) is 22.3 Å². The van der Waals surface area contributed by atoms with E-state index in [1.54, 1.807) is 0 Å². The second-order valence-corrected chi connectivity index (χ2v) is 27.8. The zero-order valence-electron chi connectivity index (χ0n) is 48.6. The fraction of sp³-hybridized carbons (Fsp3) is 0.342. The predicted octanol–water partition coefficient (Wildman–Crippen LogP) is 18.4. The molecule has 77 heavy (non-hydrogen) atoms. The Morgan fingerprint density at radius 3 is 1.23 bits per heavy atom. The normalized spacial score (nSPS) is 19.0. The Kier molecular flexibility index (Phi) is 11.8. The van der Waals surface area contributed by atoms with Crippen LogP contribution >= 0.6 is 0 Å². The van der Waals surface area contributed by atoms with Crippen molar-refractivity contribution >= 4 is 68.6 Å². The lowest BCUT2D eigenvalue weighted by Crippen LogP contribution is -2.62. The van der Waals surface area contributed by atoms with Gasteiger partial charge in [0.25, 0.3) is 6.71 Å². The molecule has 0 aromatic heterocycles. The molecule has 3 nitrogen and oxygen atoms in total. The fourth-order valence-electron chi connectivity index (χ4n) is 13.9. The van der Waals surface area contributed by atoms with Crippen LogP contribution < -0.4 is 31.1 Å². The van der Waals surface area contributed by atoms with E-state index in [1.807, 2.05) is 0 Å². The molecule has 390 valence electrons. The molecule has 0 spiro atoms. The van der Waals surface area contributed by atoms with E-state index in [2.05, 4.69) is 281 Å². The summed E-state index contributed by atoms with van der Waals surface area (Å²) in [6, 6.07) is 66.7. The van der Waals surface area contributed by atoms with Crippen molar-refractivity contribution in [1.29, 1.82) is 0 Å². The van der Waals surface area contributed by atoms with Crippen LogP contribution in [0.4, 0.5) is 45.5 Å². The summed E-state index contributed by atoms with van der Waals surface area (Å²) in [6.07, 6.45) is 6.01. The predicted molar refractivity (Wildman–Crippen MR) is 334 cm³/mol. The van der Waals surface area contributed by atoms with Gasteiger partial charge < -0.3 is 14.7 Å². The molecule has 0 radical (unpaired) electrons. The van der Waals surface area contributed by atoms with Gasteiger partial charge in [0.2, 0.25) is 0 Å². The minimum absolute atomic E-state index is 0.0341. The van der Waals surface area contributed by atoms with E-state index in [1.165, 1.54) is 138 Å². The van der Waals surface area contributed by atoms with Gasteiger partial charge in [-0.05, 0) is 151 Å². The van der Waals surface area contributed by atoms with Crippen LogP contribution in [0.25, 0.3) is 22.3 Å². The van der Waals surface area contributed by atoms with Gasteiger partial charge in [0.15, 0.2) is 0 Å². The van der Waals surface area contributed by atoms with Crippen molar-refractivity contribution in [3.05, 3.63) is 198 Å². The van der Waals surface area contributed by atoms with Gasteiger partial charge in [-0.2, -0.15) is 0 Å². The monoisotopic (exact) mass is 1010 g/mol. The highest BCUT2D eigenvalue weighted by molar-refractivity contribution is 7.00. The second-order valence-electron chi connectivity index (χ2n) is 27.8.